The summed E-state index contributed by atoms with van der Waals surface area (Å²) < 4.78 is 5.72. The molecule has 2 rings (SSSR count). The summed E-state index contributed by atoms with van der Waals surface area (Å²) in [5, 5.41) is 3.06. The molecule has 0 aliphatic heterocycles. The molecule has 0 heterocycles. The number of benzene rings is 1. The van der Waals surface area contributed by atoms with Crippen LogP contribution in [0.5, 0.6) is 5.75 Å². The lowest BCUT2D eigenvalue weighted by molar-refractivity contribution is -0.124. The summed E-state index contributed by atoms with van der Waals surface area (Å²) in [4.78, 5) is 12.0. The van der Waals surface area contributed by atoms with Crippen LogP contribution in [0.4, 0.5) is 0 Å². The van der Waals surface area contributed by atoms with E-state index in [0.717, 1.165) is 36.1 Å². The number of ether oxygens (including phenoxy) is 1. The summed E-state index contributed by atoms with van der Waals surface area (Å²) in [6, 6.07) is 4.36. The zero-order chi connectivity index (χ0) is 15.4. The lowest BCUT2D eigenvalue weighted by atomic mass is 10.0. The minimum Gasteiger partial charge on any atom is -0.483 e. The van der Waals surface area contributed by atoms with Crippen LogP contribution in [0.15, 0.2) is 12.1 Å². The van der Waals surface area contributed by atoms with Gasteiger partial charge in [0.05, 0.1) is 0 Å². The Morgan fingerprint density at radius 1 is 1.29 bits per heavy atom. The van der Waals surface area contributed by atoms with Crippen molar-refractivity contribution in [2.75, 3.05) is 13.2 Å². The average Bonchev–Trinajstić information content (AvgIpc) is 2.84. The van der Waals surface area contributed by atoms with E-state index in [4.69, 9.17) is 10.5 Å². The molecule has 0 aromatic heterocycles. The molecule has 0 saturated heterocycles. The van der Waals surface area contributed by atoms with Crippen LogP contribution < -0.4 is 15.8 Å². The lowest BCUT2D eigenvalue weighted by Gasteiger charge is -2.20. The van der Waals surface area contributed by atoms with Gasteiger partial charge in [-0.1, -0.05) is 24.1 Å². The second kappa shape index (κ2) is 6.94. The van der Waals surface area contributed by atoms with E-state index in [2.05, 4.69) is 24.4 Å². The molecule has 1 amide bonds. The smallest absolute Gasteiger partial charge is 0.258 e. The molecular formula is C17H26N2O2. The van der Waals surface area contributed by atoms with Crippen LogP contribution in [0.2, 0.25) is 0 Å². The van der Waals surface area contributed by atoms with E-state index in [0.29, 0.717) is 12.5 Å². The molecule has 116 valence electrons. The summed E-state index contributed by atoms with van der Waals surface area (Å²) in [7, 11) is 0. The topological polar surface area (TPSA) is 64.3 Å². The summed E-state index contributed by atoms with van der Waals surface area (Å²) in [5.74, 6) is 1.18. The third-order valence-corrected chi connectivity index (χ3v) is 4.26. The van der Waals surface area contributed by atoms with Crippen molar-refractivity contribution >= 4 is 5.91 Å². The van der Waals surface area contributed by atoms with E-state index < -0.39 is 0 Å². The van der Waals surface area contributed by atoms with Crippen molar-refractivity contribution in [3.63, 3.8) is 0 Å². The summed E-state index contributed by atoms with van der Waals surface area (Å²) >= 11 is 0. The van der Waals surface area contributed by atoms with Crippen molar-refractivity contribution in [1.29, 1.82) is 0 Å². The second-order valence-electron chi connectivity index (χ2n) is 6.12. The van der Waals surface area contributed by atoms with Gasteiger partial charge in [-0.05, 0) is 57.2 Å². The number of carbonyl (C=O) groups is 1. The third kappa shape index (κ3) is 3.97. The van der Waals surface area contributed by atoms with Crippen LogP contribution in [-0.2, 0) is 4.79 Å². The Balaban J connectivity index is 1.90. The molecule has 0 radical (unpaired) electrons. The monoisotopic (exact) mass is 290 g/mol. The highest BCUT2D eigenvalue weighted by atomic mass is 16.5. The Morgan fingerprint density at radius 3 is 2.57 bits per heavy atom. The summed E-state index contributed by atoms with van der Waals surface area (Å²) in [6.07, 6.45) is 3.28. The van der Waals surface area contributed by atoms with Gasteiger partial charge in [0.2, 0.25) is 0 Å². The van der Waals surface area contributed by atoms with Gasteiger partial charge in [0, 0.05) is 6.04 Å². The maximum atomic E-state index is 12.0. The minimum absolute atomic E-state index is 0.0558. The first-order valence-electron chi connectivity index (χ1n) is 7.71. The Hall–Kier alpha value is -1.55. The number of hydrogen-bond donors (Lipinski definition) is 2. The highest BCUT2D eigenvalue weighted by Crippen LogP contribution is 2.25. The molecular weight excluding hydrogens is 264 g/mol. The average molecular weight is 290 g/mol. The Morgan fingerprint density at radius 2 is 1.95 bits per heavy atom. The molecule has 2 unspecified atom stereocenters. The van der Waals surface area contributed by atoms with Crippen molar-refractivity contribution < 1.29 is 9.53 Å². The van der Waals surface area contributed by atoms with E-state index in [-0.39, 0.29) is 18.6 Å². The number of carbonyl (C=O) groups excluding carboxylic acids is 1. The number of nitrogens with two attached hydrogens (primary N) is 1. The van der Waals surface area contributed by atoms with Crippen LogP contribution in [0.25, 0.3) is 0 Å². The molecule has 4 heteroatoms. The number of amides is 1. The highest BCUT2D eigenvalue weighted by Gasteiger charge is 2.27. The van der Waals surface area contributed by atoms with E-state index in [9.17, 15) is 4.79 Å². The first kappa shape index (κ1) is 15.8. The maximum Gasteiger partial charge on any atom is 0.258 e. The van der Waals surface area contributed by atoms with E-state index in [1.54, 1.807) is 0 Å². The van der Waals surface area contributed by atoms with Crippen molar-refractivity contribution in [3.05, 3.63) is 28.8 Å². The third-order valence-electron chi connectivity index (χ3n) is 4.26. The van der Waals surface area contributed by atoms with Gasteiger partial charge >= 0.3 is 0 Å². The molecule has 1 saturated carbocycles. The molecule has 1 fully saturated rings. The predicted molar refractivity (Wildman–Crippen MR) is 84.5 cm³/mol. The van der Waals surface area contributed by atoms with Crippen LogP contribution in [0.1, 0.15) is 36.0 Å². The Labute approximate surface area is 127 Å². The summed E-state index contributed by atoms with van der Waals surface area (Å²) in [5.41, 5.74) is 9.08. The van der Waals surface area contributed by atoms with Gasteiger partial charge in [0.25, 0.3) is 5.91 Å². The summed E-state index contributed by atoms with van der Waals surface area (Å²) in [6.45, 7) is 6.79. The quantitative estimate of drug-likeness (QED) is 0.874. The van der Waals surface area contributed by atoms with Crippen molar-refractivity contribution in [2.24, 2.45) is 11.7 Å². The fraction of sp³-hybridized carbons (Fsp3) is 0.588. The van der Waals surface area contributed by atoms with Gasteiger partial charge < -0.3 is 15.8 Å². The van der Waals surface area contributed by atoms with E-state index >= 15 is 0 Å². The largest absolute Gasteiger partial charge is 0.483 e. The zero-order valence-corrected chi connectivity index (χ0v) is 13.2. The molecule has 1 aliphatic carbocycles. The van der Waals surface area contributed by atoms with Crippen molar-refractivity contribution in [1.82, 2.24) is 5.32 Å². The molecule has 1 aromatic rings. The van der Waals surface area contributed by atoms with Gasteiger partial charge in [-0.25, -0.2) is 0 Å². The number of aryl methyl sites for hydroxylation is 3. The second-order valence-corrected chi connectivity index (χ2v) is 6.12. The van der Waals surface area contributed by atoms with Crippen LogP contribution >= 0.6 is 0 Å². The van der Waals surface area contributed by atoms with Crippen LogP contribution in [-0.4, -0.2) is 25.1 Å². The molecule has 3 N–H and O–H groups in total. The standard InChI is InChI=1S/C17H26N2O2/c1-11-7-12(2)17(13(3)8-11)21-10-16(20)19-15-6-4-5-14(15)9-18/h7-8,14-15H,4-6,9-10,18H2,1-3H3,(H,19,20). The maximum absolute atomic E-state index is 12.0. The highest BCUT2D eigenvalue weighted by molar-refractivity contribution is 5.78. The van der Waals surface area contributed by atoms with Crippen LogP contribution in [0.3, 0.4) is 0 Å². The van der Waals surface area contributed by atoms with Gasteiger partial charge in [-0.15, -0.1) is 0 Å². The molecule has 0 bridgehead atoms. The molecule has 1 aromatic carbocycles. The van der Waals surface area contributed by atoms with E-state index in [1.165, 1.54) is 5.56 Å². The number of hydrogen-bond acceptors (Lipinski definition) is 3. The molecule has 21 heavy (non-hydrogen) atoms. The SMILES string of the molecule is Cc1cc(C)c(OCC(=O)NC2CCCC2CN)c(C)c1. The molecule has 1 aliphatic rings. The first-order chi connectivity index (χ1) is 10.0. The zero-order valence-electron chi connectivity index (χ0n) is 13.2. The fourth-order valence-electron chi connectivity index (χ4n) is 3.29. The van der Waals surface area contributed by atoms with Gasteiger partial charge in [-0.3, -0.25) is 4.79 Å². The molecule has 0 spiro atoms. The molecule has 2 atom stereocenters. The Bertz CT molecular complexity index is 491. The minimum atomic E-state index is -0.0558. The van der Waals surface area contributed by atoms with Gasteiger partial charge in [-0.2, -0.15) is 0 Å². The number of rotatable bonds is 5. The van der Waals surface area contributed by atoms with Gasteiger partial charge in [0.1, 0.15) is 5.75 Å². The predicted octanol–water partition coefficient (Wildman–Crippen LogP) is 2.23. The van der Waals surface area contributed by atoms with E-state index in [1.807, 2.05) is 13.8 Å². The van der Waals surface area contributed by atoms with Crippen molar-refractivity contribution in [2.45, 2.75) is 46.1 Å². The lowest BCUT2D eigenvalue weighted by Crippen LogP contribution is -2.42. The van der Waals surface area contributed by atoms with Crippen LogP contribution in [0, 0.1) is 26.7 Å². The normalized spacial score (nSPS) is 21.3. The first-order valence-corrected chi connectivity index (χ1v) is 7.71. The van der Waals surface area contributed by atoms with Crippen molar-refractivity contribution in [3.8, 4) is 5.75 Å². The number of nitrogens with one attached hydrogen (secondary N) is 1. The van der Waals surface area contributed by atoms with Gasteiger partial charge in [0.15, 0.2) is 6.61 Å². The fourth-order valence-corrected chi connectivity index (χ4v) is 3.29. The Kier molecular flexibility index (Phi) is 5.23. The molecule has 4 nitrogen and oxygen atoms in total.